The fraction of sp³-hybridized carbons (Fsp3) is 1.00. The quantitative estimate of drug-likeness (QED) is 0.437. The molecule has 2 N–H and O–H groups in total. The summed E-state index contributed by atoms with van der Waals surface area (Å²) in [6.07, 6.45) is 2.92. The van der Waals surface area contributed by atoms with Crippen LogP contribution in [0.2, 0.25) is 0 Å². The second kappa shape index (κ2) is 8.01. The topological polar surface area (TPSA) is 50.7 Å². The first-order valence-corrected chi connectivity index (χ1v) is 6.39. The first-order chi connectivity index (χ1) is 7.77. The van der Waals surface area contributed by atoms with Gasteiger partial charge in [0.25, 0.3) is 0 Å². The standard InChI is InChI=1S/C12H25NO3/c1-3-15-12(16-4-2)7-8-13-9-11(14)10-5-6-10/h10-14H,3-9H2,1-2H3. The molecule has 0 aromatic rings. The summed E-state index contributed by atoms with van der Waals surface area (Å²) in [6.45, 7) is 6.81. The van der Waals surface area contributed by atoms with Gasteiger partial charge in [0.05, 0.1) is 6.10 Å². The molecule has 96 valence electrons. The molecule has 0 aliphatic heterocycles. The summed E-state index contributed by atoms with van der Waals surface area (Å²) >= 11 is 0. The zero-order valence-electron chi connectivity index (χ0n) is 10.4. The lowest BCUT2D eigenvalue weighted by atomic mass is 10.2. The molecule has 1 aliphatic rings. The van der Waals surface area contributed by atoms with Gasteiger partial charge in [-0.3, -0.25) is 0 Å². The van der Waals surface area contributed by atoms with Crippen molar-refractivity contribution in [3.8, 4) is 0 Å². The minimum atomic E-state index is -0.169. The van der Waals surface area contributed by atoms with E-state index >= 15 is 0 Å². The molecule has 1 saturated carbocycles. The van der Waals surface area contributed by atoms with Gasteiger partial charge in [0.1, 0.15) is 0 Å². The monoisotopic (exact) mass is 231 g/mol. The first kappa shape index (κ1) is 13.9. The summed E-state index contributed by atoms with van der Waals surface area (Å²) < 4.78 is 10.8. The normalized spacial score (nSPS) is 18.0. The van der Waals surface area contributed by atoms with Crippen LogP contribution in [0, 0.1) is 5.92 Å². The number of hydrogen-bond acceptors (Lipinski definition) is 4. The van der Waals surface area contributed by atoms with E-state index < -0.39 is 0 Å². The van der Waals surface area contributed by atoms with Gasteiger partial charge in [-0.2, -0.15) is 0 Å². The van der Waals surface area contributed by atoms with E-state index in [9.17, 15) is 5.11 Å². The van der Waals surface area contributed by atoms with Crippen molar-refractivity contribution in [2.75, 3.05) is 26.3 Å². The molecule has 0 heterocycles. The van der Waals surface area contributed by atoms with Crippen LogP contribution in [0.3, 0.4) is 0 Å². The maximum atomic E-state index is 9.64. The Morgan fingerprint density at radius 3 is 2.38 bits per heavy atom. The molecule has 0 spiro atoms. The lowest BCUT2D eigenvalue weighted by Crippen LogP contribution is -2.31. The Balaban J connectivity index is 1.98. The second-order valence-electron chi connectivity index (χ2n) is 4.24. The van der Waals surface area contributed by atoms with Crippen LogP contribution >= 0.6 is 0 Å². The predicted molar refractivity (Wildman–Crippen MR) is 63.3 cm³/mol. The van der Waals surface area contributed by atoms with Crippen LogP contribution in [0.4, 0.5) is 0 Å². The predicted octanol–water partition coefficient (Wildman–Crippen LogP) is 1.14. The highest BCUT2D eigenvalue weighted by atomic mass is 16.7. The van der Waals surface area contributed by atoms with E-state index in [1.54, 1.807) is 0 Å². The first-order valence-electron chi connectivity index (χ1n) is 6.39. The second-order valence-corrected chi connectivity index (χ2v) is 4.24. The van der Waals surface area contributed by atoms with Crippen LogP contribution in [-0.2, 0) is 9.47 Å². The molecule has 16 heavy (non-hydrogen) atoms. The van der Waals surface area contributed by atoms with Crippen molar-refractivity contribution in [3.05, 3.63) is 0 Å². The van der Waals surface area contributed by atoms with Gasteiger partial charge in [-0.1, -0.05) is 0 Å². The van der Waals surface area contributed by atoms with Crippen LogP contribution in [0.1, 0.15) is 33.1 Å². The van der Waals surface area contributed by atoms with Crippen LogP contribution in [0.15, 0.2) is 0 Å². The molecule has 1 unspecified atom stereocenters. The summed E-state index contributed by atoms with van der Waals surface area (Å²) in [6, 6.07) is 0. The minimum absolute atomic E-state index is 0.111. The number of aliphatic hydroxyl groups is 1. The van der Waals surface area contributed by atoms with Crippen molar-refractivity contribution in [2.24, 2.45) is 5.92 Å². The van der Waals surface area contributed by atoms with Gasteiger partial charge in [-0.05, 0) is 32.6 Å². The Hall–Kier alpha value is -0.160. The van der Waals surface area contributed by atoms with Gasteiger partial charge in [-0.25, -0.2) is 0 Å². The zero-order valence-corrected chi connectivity index (χ0v) is 10.4. The number of rotatable bonds is 10. The summed E-state index contributed by atoms with van der Waals surface area (Å²) in [5, 5.41) is 12.9. The average Bonchev–Trinajstić information content (AvgIpc) is 3.08. The zero-order chi connectivity index (χ0) is 11.8. The Morgan fingerprint density at radius 1 is 1.25 bits per heavy atom. The molecule has 1 rings (SSSR count). The number of ether oxygens (including phenoxy) is 2. The van der Waals surface area contributed by atoms with Gasteiger partial charge in [0.15, 0.2) is 6.29 Å². The molecule has 0 aromatic heterocycles. The molecule has 0 saturated heterocycles. The van der Waals surface area contributed by atoms with E-state index in [4.69, 9.17) is 9.47 Å². The van der Waals surface area contributed by atoms with E-state index in [2.05, 4.69) is 5.32 Å². The fourth-order valence-corrected chi connectivity index (χ4v) is 1.70. The van der Waals surface area contributed by atoms with Gasteiger partial charge in [0, 0.05) is 32.7 Å². The highest BCUT2D eigenvalue weighted by Crippen LogP contribution is 2.32. The molecule has 1 atom stereocenters. The third kappa shape index (κ3) is 5.80. The molecule has 4 heteroatoms. The summed E-state index contributed by atoms with van der Waals surface area (Å²) in [4.78, 5) is 0. The highest BCUT2D eigenvalue weighted by molar-refractivity contribution is 4.81. The van der Waals surface area contributed by atoms with E-state index in [0.29, 0.717) is 25.7 Å². The van der Waals surface area contributed by atoms with Gasteiger partial charge in [-0.15, -0.1) is 0 Å². The number of hydrogen-bond donors (Lipinski definition) is 2. The van der Waals surface area contributed by atoms with Crippen molar-refractivity contribution < 1.29 is 14.6 Å². The molecule has 0 amide bonds. The molecular formula is C12H25NO3. The Bertz CT molecular complexity index is 168. The Kier molecular flexibility index (Phi) is 6.96. The van der Waals surface area contributed by atoms with E-state index in [1.807, 2.05) is 13.8 Å². The highest BCUT2D eigenvalue weighted by Gasteiger charge is 2.29. The van der Waals surface area contributed by atoms with Crippen LogP contribution in [0.5, 0.6) is 0 Å². The number of aliphatic hydroxyl groups excluding tert-OH is 1. The summed E-state index contributed by atoms with van der Waals surface area (Å²) in [5.41, 5.74) is 0. The SMILES string of the molecule is CCOC(CCNCC(O)C1CC1)OCC. The Labute approximate surface area is 98.3 Å². The molecule has 0 aromatic carbocycles. The summed E-state index contributed by atoms with van der Waals surface area (Å²) in [7, 11) is 0. The molecule has 4 nitrogen and oxygen atoms in total. The Morgan fingerprint density at radius 2 is 1.88 bits per heavy atom. The van der Waals surface area contributed by atoms with Crippen LogP contribution < -0.4 is 5.32 Å². The minimum Gasteiger partial charge on any atom is -0.392 e. The molecule has 1 aliphatic carbocycles. The lowest BCUT2D eigenvalue weighted by Gasteiger charge is -2.17. The molecule has 0 bridgehead atoms. The van der Waals surface area contributed by atoms with Crippen molar-refractivity contribution in [3.63, 3.8) is 0 Å². The molecule has 0 radical (unpaired) electrons. The van der Waals surface area contributed by atoms with Gasteiger partial charge in [0.2, 0.25) is 0 Å². The molecular weight excluding hydrogens is 206 g/mol. The molecule has 1 fully saturated rings. The van der Waals surface area contributed by atoms with Gasteiger partial charge < -0.3 is 19.9 Å². The lowest BCUT2D eigenvalue weighted by molar-refractivity contribution is -0.138. The van der Waals surface area contributed by atoms with Crippen molar-refractivity contribution >= 4 is 0 Å². The third-order valence-corrected chi connectivity index (χ3v) is 2.78. The largest absolute Gasteiger partial charge is 0.392 e. The van der Waals surface area contributed by atoms with Crippen molar-refractivity contribution in [1.29, 1.82) is 0 Å². The maximum Gasteiger partial charge on any atom is 0.158 e. The smallest absolute Gasteiger partial charge is 0.158 e. The van der Waals surface area contributed by atoms with E-state index in [-0.39, 0.29) is 12.4 Å². The van der Waals surface area contributed by atoms with Crippen molar-refractivity contribution in [1.82, 2.24) is 5.32 Å². The van der Waals surface area contributed by atoms with E-state index in [0.717, 1.165) is 13.0 Å². The number of nitrogens with one attached hydrogen (secondary N) is 1. The van der Waals surface area contributed by atoms with E-state index in [1.165, 1.54) is 12.8 Å². The van der Waals surface area contributed by atoms with Crippen LogP contribution in [0.25, 0.3) is 0 Å². The maximum absolute atomic E-state index is 9.64. The summed E-state index contributed by atoms with van der Waals surface area (Å²) in [5.74, 6) is 0.544. The van der Waals surface area contributed by atoms with Crippen LogP contribution in [-0.4, -0.2) is 43.8 Å². The third-order valence-electron chi connectivity index (χ3n) is 2.78. The fourth-order valence-electron chi connectivity index (χ4n) is 1.70. The van der Waals surface area contributed by atoms with Gasteiger partial charge >= 0.3 is 0 Å². The average molecular weight is 231 g/mol. The van der Waals surface area contributed by atoms with Crippen molar-refractivity contribution in [2.45, 2.75) is 45.5 Å².